The molecule has 0 radical (unpaired) electrons. The number of carbonyl (C=O) groups is 1. The van der Waals surface area contributed by atoms with Crippen LogP contribution >= 0.6 is 24.2 Å². The van der Waals surface area contributed by atoms with Gasteiger partial charge in [0.05, 0.1) is 31.8 Å². The van der Waals surface area contributed by atoms with Crippen molar-refractivity contribution < 1.29 is 26.4 Å². The lowest BCUT2D eigenvalue weighted by Gasteiger charge is -2.31. The first-order valence-electron chi connectivity index (χ1n) is 12.4. The molecule has 5 rings (SSSR count). The van der Waals surface area contributed by atoms with E-state index >= 15 is 0 Å². The maximum atomic E-state index is 12.9. The highest BCUT2D eigenvalue weighted by Gasteiger charge is 2.33. The van der Waals surface area contributed by atoms with Crippen LogP contribution in [0.15, 0.2) is 57.3 Å². The summed E-state index contributed by atoms with van der Waals surface area (Å²) in [7, 11) is -3.84. The highest BCUT2D eigenvalue weighted by atomic mass is 35.5. The van der Waals surface area contributed by atoms with Gasteiger partial charge in [0, 0.05) is 19.6 Å². The number of imidazole rings is 1. The molecule has 1 N–H and O–H groups in total. The third-order valence-electron chi connectivity index (χ3n) is 7.00. The Bertz CT molecular complexity index is 1500. The third kappa shape index (κ3) is 6.13. The number of nitrogens with one attached hydrogen (secondary N) is 1. The number of carbonyl (C=O) groups excluding carboxylic acids is 1. The van der Waals surface area contributed by atoms with E-state index in [-0.39, 0.29) is 23.2 Å². The highest BCUT2D eigenvalue weighted by Crippen LogP contribution is 2.36. The number of hydrogen-bond acceptors (Lipinski definition) is 5. The van der Waals surface area contributed by atoms with E-state index in [1.807, 2.05) is 35.6 Å². The summed E-state index contributed by atoms with van der Waals surface area (Å²) in [6.07, 6.45) is 0.321. The summed E-state index contributed by atoms with van der Waals surface area (Å²) in [6, 6.07) is 9.46. The van der Waals surface area contributed by atoms with Gasteiger partial charge in [-0.05, 0) is 81.0 Å². The van der Waals surface area contributed by atoms with Crippen LogP contribution in [0.25, 0.3) is 11.7 Å². The number of alkyl halides is 3. The first-order valence-corrected chi connectivity index (χ1v) is 14.6. The second-order valence-corrected chi connectivity index (χ2v) is 12.5. The topological polar surface area (TPSA) is 83.8 Å². The van der Waals surface area contributed by atoms with Gasteiger partial charge in [0.1, 0.15) is 5.65 Å². The number of amides is 1. The minimum Gasteiger partial charge on any atom is -0.352 e. The summed E-state index contributed by atoms with van der Waals surface area (Å²) in [5, 5.41) is 3.94. The predicted octanol–water partition coefficient (Wildman–Crippen LogP) is 5.53. The van der Waals surface area contributed by atoms with Gasteiger partial charge in [0.2, 0.25) is 10.0 Å². The Kier molecular flexibility index (Phi) is 8.70. The van der Waals surface area contributed by atoms with Crippen LogP contribution < -0.4 is 5.32 Å². The van der Waals surface area contributed by atoms with Crippen LogP contribution in [0.1, 0.15) is 42.6 Å². The van der Waals surface area contributed by atoms with Gasteiger partial charge in [0.15, 0.2) is 0 Å². The van der Waals surface area contributed by atoms with Crippen molar-refractivity contribution in [1.82, 2.24) is 19.0 Å². The number of benzene rings is 1. The normalized spacial score (nSPS) is 16.6. The largest absolute Gasteiger partial charge is 0.416 e. The summed E-state index contributed by atoms with van der Waals surface area (Å²) in [6.45, 7) is 3.09. The monoisotopic (exact) mass is 600 g/mol. The van der Waals surface area contributed by atoms with E-state index in [2.05, 4.69) is 10.3 Å². The Hall–Kier alpha value is -2.54. The minimum absolute atomic E-state index is 0. The number of thioether (sulfide) groups is 1. The molecule has 1 saturated heterocycles. The lowest BCUT2D eigenvalue weighted by atomic mass is 9.93. The fourth-order valence-corrected chi connectivity index (χ4v) is 7.37. The molecular weight excluding hydrogens is 573 g/mol. The van der Waals surface area contributed by atoms with Gasteiger partial charge >= 0.3 is 6.18 Å². The molecule has 1 aromatic carbocycles. The highest BCUT2D eigenvalue weighted by molar-refractivity contribution is 8.04. The van der Waals surface area contributed by atoms with Gasteiger partial charge in [0.25, 0.3) is 5.91 Å². The number of aryl methyl sites for hydroxylation is 1. The van der Waals surface area contributed by atoms with Crippen molar-refractivity contribution in [1.29, 1.82) is 0 Å². The number of nitrogens with zero attached hydrogens (tertiary/aromatic N) is 3. The number of aromatic nitrogens is 2. The first kappa shape index (κ1) is 29.4. The molecule has 0 atom stereocenters. The summed E-state index contributed by atoms with van der Waals surface area (Å²) in [5.41, 5.74) is 1.77. The average Bonchev–Trinajstić information content (AvgIpc) is 3.22. The van der Waals surface area contributed by atoms with Crippen molar-refractivity contribution in [2.24, 2.45) is 5.92 Å². The Balaban J connectivity index is 0.00000353. The summed E-state index contributed by atoms with van der Waals surface area (Å²) < 4.78 is 67.5. The zero-order valence-corrected chi connectivity index (χ0v) is 23.5. The molecule has 7 nitrogen and oxygen atoms in total. The van der Waals surface area contributed by atoms with Gasteiger partial charge in [-0.25, -0.2) is 13.4 Å². The molecule has 0 unspecified atom stereocenters. The van der Waals surface area contributed by atoms with Crippen LogP contribution in [0.5, 0.6) is 0 Å². The van der Waals surface area contributed by atoms with Gasteiger partial charge in [-0.3, -0.25) is 9.20 Å². The van der Waals surface area contributed by atoms with Crippen LogP contribution in [0.3, 0.4) is 0 Å². The number of piperidine rings is 1. The molecule has 2 aliphatic heterocycles. The van der Waals surface area contributed by atoms with E-state index in [1.54, 1.807) is 0 Å². The second-order valence-electron chi connectivity index (χ2n) is 9.52. The molecular formula is C26H28ClF3N4O3S2. The lowest BCUT2D eigenvalue weighted by Crippen LogP contribution is -2.38. The Labute approximate surface area is 235 Å². The van der Waals surface area contributed by atoms with Crippen molar-refractivity contribution >= 4 is 51.8 Å². The van der Waals surface area contributed by atoms with Crippen LogP contribution in [0.2, 0.25) is 0 Å². The fraction of sp³-hybridized carbons (Fsp3) is 0.385. The second kappa shape index (κ2) is 11.5. The Morgan fingerprint density at radius 3 is 2.49 bits per heavy atom. The first-order chi connectivity index (χ1) is 18.0. The van der Waals surface area contributed by atoms with E-state index in [1.165, 1.54) is 16.1 Å². The zero-order chi connectivity index (χ0) is 27.1. The van der Waals surface area contributed by atoms with E-state index in [9.17, 15) is 26.4 Å². The van der Waals surface area contributed by atoms with Crippen molar-refractivity contribution in [3.05, 3.63) is 64.3 Å². The van der Waals surface area contributed by atoms with Crippen LogP contribution in [0, 0.1) is 12.8 Å². The quantitative estimate of drug-likeness (QED) is 0.361. The molecule has 0 spiro atoms. The number of sulfonamides is 1. The Morgan fingerprint density at radius 1 is 1.13 bits per heavy atom. The molecule has 0 saturated carbocycles. The molecule has 0 bridgehead atoms. The molecule has 0 aliphatic carbocycles. The van der Waals surface area contributed by atoms with E-state index in [0.717, 1.165) is 59.2 Å². The SMILES string of the molecule is Cc1nc2cccc3n2c1C=C(C(=O)NCCCC1CCN(S(=O)(=O)c2ccc(C(F)(F)F)cc2)CC1)S3.Cl. The molecule has 2 aromatic heterocycles. The summed E-state index contributed by atoms with van der Waals surface area (Å²) in [4.78, 5) is 17.8. The van der Waals surface area contributed by atoms with E-state index in [4.69, 9.17) is 0 Å². The molecule has 3 aromatic rings. The van der Waals surface area contributed by atoms with Crippen molar-refractivity contribution in [2.75, 3.05) is 19.6 Å². The fourth-order valence-electron chi connectivity index (χ4n) is 4.91. The molecule has 1 fully saturated rings. The summed E-state index contributed by atoms with van der Waals surface area (Å²) >= 11 is 1.41. The van der Waals surface area contributed by atoms with E-state index < -0.39 is 21.8 Å². The molecule has 39 heavy (non-hydrogen) atoms. The maximum absolute atomic E-state index is 12.9. The lowest BCUT2D eigenvalue weighted by molar-refractivity contribution is -0.137. The summed E-state index contributed by atoms with van der Waals surface area (Å²) in [5.74, 6) is 0.195. The standard InChI is InChI=1S/C26H27F3N4O3S2.ClH/c1-17-21-16-22(37-24-6-2-5-23(31-17)33(21)24)25(34)30-13-3-4-18-11-14-32(15-12-18)38(35,36)20-9-7-19(8-10-20)26(27,28)29;/h2,5-10,16,18H,3-4,11-15H2,1H3,(H,30,34);1H. The number of pyridine rings is 1. The average molecular weight is 601 g/mol. The smallest absolute Gasteiger partial charge is 0.352 e. The number of halogens is 4. The van der Waals surface area contributed by atoms with Crippen molar-refractivity contribution in [2.45, 2.75) is 48.7 Å². The van der Waals surface area contributed by atoms with Crippen molar-refractivity contribution in [3.63, 3.8) is 0 Å². The maximum Gasteiger partial charge on any atom is 0.416 e. The molecule has 210 valence electrons. The predicted molar refractivity (Wildman–Crippen MR) is 146 cm³/mol. The molecule has 1 amide bonds. The van der Waals surface area contributed by atoms with E-state index in [0.29, 0.717) is 43.3 Å². The van der Waals surface area contributed by atoms with Crippen LogP contribution in [-0.2, 0) is 21.0 Å². The number of hydrogen-bond donors (Lipinski definition) is 1. The van der Waals surface area contributed by atoms with Crippen LogP contribution in [-0.4, -0.2) is 47.6 Å². The Morgan fingerprint density at radius 2 is 1.82 bits per heavy atom. The van der Waals surface area contributed by atoms with Gasteiger partial charge in [-0.1, -0.05) is 17.8 Å². The number of rotatable bonds is 7. The zero-order valence-electron chi connectivity index (χ0n) is 21.1. The van der Waals surface area contributed by atoms with Crippen molar-refractivity contribution in [3.8, 4) is 0 Å². The molecule has 2 aliphatic rings. The van der Waals surface area contributed by atoms with Gasteiger partial charge in [-0.2, -0.15) is 17.5 Å². The minimum atomic E-state index is -4.51. The third-order valence-corrected chi connectivity index (χ3v) is 9.97. The van der Waals surface area contributed by atoms with Gasteiger partial charge in [-0.15, -0.1) is 12.4 Å². The molecule has 4 heterocycles. The van der Waals surface area contributed by atoms with Crippen LogP contribution in [0.4, 0.5) is 13.2 Å². The van der Waals surface area contributed by atoms with Gasteiger partial charge < -0.3 is 5.32 Å². The molecule has 13 heteroatoms.